The van der Waals surface area contributed by atoms with Crippen LogP contribution in [0.2, 0.25) is 0 Å². The Balaban J connectivity index is 2.44. The van der Waals surface area contributed by atoms with Crippen molar-refractivity contribution < 1.29 is 9.90 Å². The number of hydrogen-bond acceptors (Lipinski definition) is 1. The normalized spacial score (nSPS) is 12.4. The largest absolute Gasteiger partial charge is 0.478 e. The highest BCUT2D eigenvalue weighted by Gasteiger charge is 2.19. The van der Waals surface area contributed by atoms with Gasteiger partial charge in [0.05, 0.1) is 5.56 Å². The number of rotatable bonds is 8. The fraction of sp³-hybridized carbons (Fsp3) is 0.348. The van der Waals surface area contributed by atoms with Crippen LogP contribution in [0.1, 0.15) is 73.9 Å². The Morgan fingerprint density at radius 1 is 1.08 bits per heavy atom. The van der Waals surface area contributed by atoms with E-state index in [1.165, 1.54) is 5.56 Å². The summed E-state index contributed by atoms with van der Waals surface area (Å²) in [7, 11) is 0. The molecule has 1 N–H and O–H groups in total. The van der Waals surface area contributed by atoms with Crippen molar-refractivity contribution in [1.82, 2.24) is 0 Å². The molecule has 0 spiro atoms. The zero-order valence-electron chi connectivity index (χ0n) is 15.5. The first kappa shape index (κ1) is 19.0. The highest BCUT2D eigenvalue weighted by atomic mass is 16.4. The molecule has 1 atom stereocenters. The van der Waals surface area contributed by atoms with Crippen molar-refractivity contribution in [2.24, 2.45) is 0 Å². The van der Waals surface area contributed by atoms with Crippen molar-refractivity contribution in [3.05, 3.63) is 65.2 Å². The molecule has 132 valence electrons. The molecule has 25 heavy (non-hydrogen) atoms. The molecular formula is C23H28O2. The van der Waals surface area contributed by atoms with E-state index in [2.05, 4.69) is 57.2 Å². The second-order valence-electron chi connectivity index (χ2n) is 6.57. The molecule has 0 bridgehead atoms. The number of aromatic carboxylic acids is 1. The third-order valence-electron chi connectivity index (χ3n) is 4.54. The summed E-state index contributed by atoms with van der Waals surface area (Å²) in [5.74, 6) is -0.629. The monoisotopic (exact) mass is 336 g/mol. The zero-order valence-corrected chi connectivity index (χ0v) is 15.5. The number of carboxylic acid groups (broad SMARTS) is 1. The van der Waals surface area contributed by atoms with Gasteiger partial charge in [0, 0.05) is 0 Å². The predicted octanol–water partition coefficient (Wildman–Crippen LogP) is 6.77. The fourth-order valence-electron chi connectivity index (χ4n) is 3.27. The van der Waals surface area contributed by atoms with Gasteiger partial charge in [0.25, 0.3) is 0 Å². The number of unbranched alkanes of at least 4 members (excludes halogenated alkanes) is 1. The number of benzene rings is 2. The minimum atomic E-state index is -0.848. The van der Waals surface area contributed by atoms with Gasteiger partial charge in [-0.3, -0.25) is 0 Å². The first-order valence-electron chi connectivity index (χ1n) is 9.21. The van der Waals surface area contributed by atoms with Gasteiger partial charge in [-0.05, 0) is 47.1 Å². The van der Waals surface area contributed by atoms with E-state index in [4.69, 9.17) is 0 Å². The summed E-state index contributed by atoms with van der Waals surface area (Å²) in [5.41, 5.74) is 4.66. The molecule has 0 saturated heterocycles. The molecule has 0 amide bonds. The molecular weight excluding hydrogens is 308 g/mol. The van der Waals surface area contributed by atoms with Crippen molar-refractivity contribution in [2.45, 2.75) is 52.4 Å². The van der Waals surface area contributed by atoms with E-state index in [1.807, 2.05) is 12.1 Å². The summed E-state index contributed by atoms with van der Waals surface area (Å²) < 4.78 is 0. The Kier molecular flexibility index (Phi) is 7.00. The van der Waals surface area contributed by atoms with Crippen LogP contribution in [-0.2, 0) is 0 Å². The van der Waals surface area contributed by atoms with Gasteiger partial charge in [-0.1, -0.05) is 82.2 Å². The summed E-state index contributed by atoms with van der Waals surface area (Å²) in [6.07, 6.45) is 8.58. The second kappa shape index (κ2) is 9.22. The van der Waals surface area contributed by atoms with Gasteiger partial charge in [0.15, 0.2) is 0 Å². The van der Waals surface area contributed by atoms with Crippen LogP contribution in [0.5, 0.6) is 0 Å². The van der Waals surface area contributed by atoms with E-state index in [0.717, 1.165) is 42.4 Å². The molecule has 0 saturated carbocycles. The molecule has 2 aromatic carbocycles. The molecule has 2 heteroatoms. The maximum atomic E-state index is 11.7. The van der Waals surface area contributed by atoms with Crippen LogP contribution in [0.4, 0.5) is 0 Å². The Morgan fingerprint density at radius 3 is 2.40 bits per heavy atom. The Bertz CT molecular complexity index is 726. The van der Waals surface area contributed by atoms with Crippen LogP contribution in [-0.4, -0.2) is 11.1 Å². The Morgan fingerprint density at radius 2 is 1.80 bits per heavy atom. The minimum absolute atomic E-state index is 0.219. The van der Waals surface area contributed by atoms with Gasteiger partial charge in [-0.25, -0.2) is 4.79 Å². The molecule has 0 aliphatic heterocycles. The molecule has 0 heterocycles. The lowest BCUT2D eigenvalue weighted by molar-refractivity contribution is 0.0695. The summed E-state index contributed by atoms with van der Waals surface area (Å²) in [4.78, 5) is 11.7. The average Bonchev–Trinajstić information content (AvgIpc) is 2.62. The Labute approximate surface area is 151 Å². The highest BCUT2D eigenvalue weighted by molar-refractivity contribution is 5.92. The van der Waals surface area contributed by atoms with Gasteiger partial charge in [-0.15, -0.1) is 0 Å². The molecule has 0 fully saturated rings. The van der Waals surface area contributed by atoms with Crippen molar-refractivity contribution in [1.29, 1.82) is 0 Å². The SMILES string of the molecule is CCC/C=C/c1ccc(-c2cccc(C(=O)O)c2C(C)CCC)cc1. The predicted molar refractivity (Wildman–Crippen MR) is 106 cm³/mol. The van der Waals surface area contributed by atoms with Gasteiger partial charge in [0.2, 0.25) is 0 Å². The van der Waals surface area contributed by atoms with Crippen LogP contribution < -0.4 is 0 Å². The highest BCUT2D eigenvalue weighted by Crippen LogP contribution is 2.34. The summed E-state index contributed by atoms with van der Waals surface area (Å²) in [6.45, 7) is 6.43. The van der Waals surface area contributed by atoms with Gasteiger partial charge >= 0.3 is 5.97 Å². The molecule has 2 aromatic rings. The van der Waals surface area contributed by atoms with Crippen molar-refractivity contribution >= 4 is 12.0 Å². The molecule has 2 nitrogen and oxygen atoms in total. The third kappa shape index (κ3) is 4.82. The van der Waals surface area contributed by atoms with Crippen molar-refractivity contribution in [2.75, 3.05) is 0 Å². The van der Waals surface area contributed by atoms with E-state index in [-0.39, 0.29) is 5.92 Å². The molecule has 0 radical (unpaired) electrons. The van der Waals surface area contributed by atoms with E-state index >= 15 is 0 Å². The lowest BCUT2D eigenvalue weighted by Gasteiger charge is -2.19. The molecule has 1 unspecified atom stereocenters. The lowest BCUT2D eigenvalue weighted by atomic mass is 9.85. The van der Waals surface area contributed by atoms with Crippen molar-refractivity contribution in [3.63, 3.8) is 0 Å². The molecule has 0 aromatic heterocycles. The smallest absolute Gasteiger partial charge is 0.335 e. The Hall–Kier alpha value is -2.35. The number of carbonyl (C=O) groups is 1. The van der Waals surface area contributed by atoms with Crippen LogP contribution in [0.25, 0.3) is 17.2 Å². The molecule has 0 aliphatic rings. The van der Waals surface area contributed by atoms with E-state index in [9.17, 15) is 9.90 Å². The van der Waals surface area contributed by atoms with E-state index in [1.54, 1.807) is 6.07 Å². The quantitative estimate of drug-likeness (QED) is 0.577. The van der Waals surface area contributed by atoms with Crippen LogP contribution >= 0.6 is 0 Å². The second-order valence-corrected chi connectivity index (χ2v) is 6.57. The first-order chi connectivity index (χ1) is 12.1. The first-order valence-corrected chi connectivity index (χ1v) is 9.21. The van der Waals surface area contributed by atoms with E-state index < -0.39 is 5.97 Å². The standard InChI is InChI=1S/C23H28O2/c1-4-6-7-10-18-13-15-19(16-14-18)20-11-8-12-21(23(24)25)22(20)17(3)9-5-2/h7-8,10-17H,4-6,9H2,1-3H3,(H,24,25)/b10-7+. The maximum Gasteiger partial charge on any atom is 0.335 e. The number of hydrogen-bond donors (Lipinski definition) is 1. The summed E-state index contributed by atoms with van der Waals surface area (Å²) >= 11 is 0. The number of carboxylic acids is 1. The third-order valence-corrected chi connectivity index (χ3v) is 4.54. The zero-order chi connectivity index (χ0) is 18.2. The topological polar surface area (TPSA) is 37.3 Å². The fourth-order valence-corrected chi connectivity index (χ4v) is 3.27. The van der Waals surface area contributed by atoms with E-state index in [0.29, 0.717) is 5.56 Å². The van der Waals surface area contributed by atoms with Crippen LogP contribution in [0.15, 0.2) is 48.5 Å². The van der Waals surface area contributed by atoms with Crippen LogP contribution in [0.3, 0.4) is 0 Å². The van der Waals surface area contributed by atoms with Gasteiger partial charge in [-0.2, -0.15) is 0 Å². The number of allylic oxidation sites excluding steroid dienone is 1. The molecule has 2 rings (SSSR count). The summed E-state index contributed by atoms with van der Waals surface area (Å²) in [5, 5.41) is 9.61. The minimum Gasteiger partial charge on any atom is -0.478 e. The van der Waals surface area contributed by atoms with Gasteiger partial charge < -0.3 is 5.11 Å². The summed E-state index contributed by atoms with van der Waals surface area (Å²) in [6, 6.07) is 14.0. The average molecular weight is 336 g/mol. The van der Waals surface area contributed by atoms with Crippen LogP contribution in [0, 0.1) is 0 Å². The lowest BCUT2D eigenvalue weighted by Crippen LogP contribution is -2.07. The molecule has 0 aliphatic carbocycles. The maximum absolute atomic E-state index is 11.7. The van der Waals surface area contributed by atoms with Gasteiger partial charge in [0.1, 0.15) is 0 Å². The van der Waals surface area contributed by atoms with Crippen molar-refractivity contribution in [3.8, 4) is 11.1 Å².